The molecule has 0 radical (unpaired) electrons. The summed E-state index contributed by atoms with van der Waals surface area (Å²) in [4.78, 5) is 23.1. The van der Waals surface area contributed by atoms with Crippen molar-refractivity contribution in [2.45, 2.75) is 23.6 Å². The zero-order chi connectivity index (χ0) is 19.4. The van der Waals surface area contributed by atoms with Crippen molar-refractivity contribution in [3.8, 4) is 0 Å². The van der Waals surface area contributed by atoms with Crippen LogP contribution in [0.3, 0.4) is 0 Å². The lowest BCUT2D eigenvalue weighted by Gasteiger charge is -2.30. The number of hydrogen-bond acceptors (Lipinski definition) is 6. The summed E-state index contributed by atoms with van der Waals surface area (Å²) in [6, 6.07) is 9.42. The number of nitrogens with zero attached hydrogens (tertiary/aromatic N) is 1. The van der Waals surface area contributed by atoms with Crippen LogP contribution in [0.1, 0.15) is 28.8 Å². The van der Waals surface area contributed by atoms with Crippen molar-refractivity contribution in [2.75, 3.05) is 13.1 Å². The van der Waals surface area contributed by atoms with Gasteiger partial charge in [-0.25, -0.2) is 8.42 Å². The molecule has 1 aromatic heterocycles. The van der Waals surface area contributed by atoms with E-state index in [-0.39, 0.29) is 17.4 Å². The van der Waals surface area contributed by atoms with Crippen LogP contribution < -0.4 is 10.4 Å². The number of carbonyl (C=O) groups is 2. The summed E-state index contributed by atoms with van der Waals surface area (Å²) in [5.74, 6) is -1.59. The summed E-state index contributed by atoms with van der Waals surface area (Å²) in [5.41, 5.74) is 0.871. The molecule has 7 nitrogen and oxygen atoms in total. The average molecular weight is 407 g/mol. The first kappa shape index (κ1) is 19.5. The molecule has 1 aromatic carbocycles. The first-order chi connectivity index (χ1) is 12.9. The van der Waals surface area contributed by atoms with Crippen LogP contribution >= 0.6 is 11.3 Å². The van der Waals surface area contributed by atoms with Gasteiger partial charge in [0.15, 0.2) is 0 Å². The van der Waals surface area contributed by atoms with Gasteiger partial charge in [0.05, 0.1) is 5.97 Å². The van der Waals surface area contributed by atoms with Crippen LogP contribution in [0.4, 0.5) is 0 Å². The van der Waals surface area contributed by atoms with Crippen molar-refractivity contribution < 1.29 is 23.1 Å². The smallest absolute Gasteiger partial charge is 0.252 e. The number of amides is 1. The van der Waals surface area contributed by atoms with Gasteiger partial charge < -0.3 is 15.2 Å². The van der Waals surface area contributed by atoms with E-state index in [0.29, 0.717) is 36.7 Å². The highest BCUT2D eigenvalue weighted by molar-refractivity contribution is 7.91. The van der Waals surface area contributed by atoms with E-state index in [9.17, 15) is 23.1 Å². The van der Waals surface area contributed by atoms with E-state index in [2.05, 4.69) is 5.32 Å². The maximum absolute atomic E-state index is 12.5. The lowest BCUT2D eigenvalue weighted by atomic mass is 9.97. The Labute approximate surface area is 161 Å². The monoisotopic (exact) mass is 407 g/mol. The van der Waals surface area contributed by atoms with Crippen LogP contribution in [0.2, 0.25) is 0 Å². The van der Waals surface area contributed by atoms with Gasteiger partial charge >= 0.3 is 0 Å². The molecule has 9 heteroatoms. The van der Waals surface area contributed by atoms with Gasteiger partial charge in [0.2, 0.25) is 5.91 Å². The number of rotatable bonds is 6. The SMILES string of the molecule is O=C([O-])c1ccc(CNC(=O)C2CCN(S(=O)(=O)c3cccs3)CC2)cc1. The molecular weight excluding hydrogens is 388 g/mol. The van der Waals surface area contributed by atoms with Crippen LogP contribution in [0.25, 0.3) is 0 Å². The molecule has 1 amide bonds. The highest BCUT2D eigenvalue weighted by Gasteiger charge is 2.32. The van der Waals surface area contributed by atoms with Crippen molar-refractivity contribution >= 4 is 33.2 Å². The lowest BCUT2D eigenvalue weighted by molar-refractivity contribution is -0.255. The molecule has 1 aliphatic heterocycles. The number of nitrogens with one attached hydrogen (secondary N) is 1. The van der Waals surface area contributed by atoms with Crippen molar-refractivity contribution in [3.05, 3.63) is 52.9 Å². The van der Waals surface area contributed by atoms with Gasteiger partial charge in [-0.3, -0.25) is 4.79 Å². The molecule has 0 spiro atoms. The van der Waals surface area contributed by atoms with Gasteiger partial charge in [-0.2, -0.15) is 4.31 Å². The Hall–Kier alpha value is -2.23. The van der Waals surface area contributed by atoms with Gasteiger partial charge in [-0.05, 0) is 35.4 Å². The second-order valence-electron chi connectivity index (χ2n) is 6.31. The zero-order valence-electron chi connectivity index (χ0n) is 14.5. The number of aromatic carboxylic acids is 1. The topological polar surface area (TPSA) is 107 Å². The molecule has 144 valence electrons. The average Bonchev–Trinajstić information content (AvgIpc) is 3.22. The molecule has 0 unspecified atom stereocenters. The number of carboxylic acid groups (broad SMARTS) is 1. The van der Waals surface area contributed by atoms with Crippen LogP contribution in [-0.4, -0.2) is 37.7 Å². The predicted octanol–water partition coefficient (Wildman–Crippen LogP) is 0.829. The molecule has 0 atom stereocenters. The number of carbonyl (C=O) groups excluding carboxylic acids is 2. The zero-order valence-corrected chi connectivity index (χ0v) is 16.1. The second-order valence-corrected chi connectivity index (χ2v) is 9.43. The first-order valence-corrected chi connectivity index (χ1v) is 10.8. The molecule has 1 fully saturated rings. The van der Waals surface area contributed by atoms with E-state index < -0.39 is 16.0 Å². The Morgan fingerprint density at radius 3 is 2.37 bits per heavy atom. The third kappa shape index (κ3) is 4.55. The van der Waals surface area contributed by atoms with Crippen LogP contribution in [0, 0.1) is 5.92 Å². The molecule has 0 saturated carbocycles. The summed E-state index contributed by atoms with van der Waals surface area (Å²) in [7, 11) is -3.47. The fourth-order valence-corrected chi connectivity index (χ4v) is 5.60. The minimum absolute atomic E-state index is 0.0874. The Balaban J connectivity index is 1.50. The number of thiophene rings is 1. The highest BCUT2D eigenvalue weighted by Crippen LogP contribution is 2.26. The predicted molar refractivity (Wildman–Crippen MR) is 98.4 cm³/mol. The maximum atomic E-state index is 12.5. The summed E-state index contributed by atoms with van der Waals surface area (Å²) in [6.07, 6.45) is 0.945. The summed E-state index contributed by atoms with van der Waals surface area (Å²) in [6.45, 7) is 0.928. The quantitative estimate of drug-likeness (QED) is 0.763. The Morgan fingerprint density at radius 2 is 1.81 bits per heavy atom. The Bertz CT molecular complexity index is 900. The number of carboxylic acids is 1. The van der Waals surface area contributed by atoms with Crippen LogP contribution in [0.15, 0.2) is 46.0 Å². The van der Waals surface area contributed by atoms with Crippen LogP contribution in [0.5, 0.6) is 0 Å². The molecule has 2 aromatic rings. The molecule has 1 saturated heterocycles. The number of sulfonamides is 1. The summed E-state index contributed by atoms with van der Waals surface area (Å²) < 4.78 is 26.8. The van der Waals surface area contributed by atoms with E-state index >= 15 is 0 Å². The van der Waals surface area contributed by atoms with Crippen molar-refractivity contribution in [2.24, 2.45) is 5.92 Å². The van der Waals surface area contributed by atoms with E-state index in [1.54, 1.807) is 29.6 Å². The van der Waals surface area contributed by atoms with E-state index in [1.165, 1.54) is 27.8 Å². The second kappa shape index (κ2) is 8.20. The van der Waals surface area contributed by atoms with Gasteiger partial charge in [-0.15, -0.1) is 11.3 Å². The third-order valence-electron chi connectivity index (χ3n) is 4.57. The molecule has 1 N–H and O–H groups in total. The highest BCUT2D eigenvalue weighted by atomic mass is 32.2. The third-order valence-corrected chi connectivity index (χ3v) is 7.84. The molecule has 2 heterocycles. The fraction of sp³-hybridized carbons (Fsp3) is 0.333. The number of benzene rings is 1. The largest absolute Gasteiger partial charge is 0.545 e. The van der Waals surface area contributed by atoms with Gasteiger partial charge in [0.1, 0.15) is 4.21 Å². The normalized spacial score (nSPS) is 16.1. The number of piperidine rings is 1. The summed E-state index contributed by atoms with van der Waals surface area (Å²) >= 11 is 1.19. The van der Waals surface area contributed by atoms with Gasteiger partial charge in [0, 0.05) is 25.6 Å². The van der Waals surface area contributed by atoms with Crippen molar-refractivity contribution in [3.63, 3.8) is 0 Å². The number of hydrogen-bond donors (Lipinski definition) is 1. The van der Waals surface area contributed by atoms with Gasteiger partial charge in [-0.1, -0.05) is 30.3 Å². The fourth-order valence-electron chi connectivity index (χ4n) is 2.99. The molecule has 0 aliphatic carbocycles. The van der Waals surface area contributed by atoms with E-state index in [0.717, 1.165) is 5.56 Å². The van der Waals surface area contributed by atoms with Crippen molar-refractivity contribution in [1.82, 2.24) is 9.62 Å². The van der Waals surface area contributed by atoms with Gasteiger partial charge in [0.25, 0.3) is 10.0 Å². The standard InChI is InChI=1S/C18H20N2O5S2/c21-17(19-12-13-3-5-15(6-4-13)18(22)23)14-7-9-20(10-8-14)27(24,25)16-2-1-11-26-16/h1-6,11,14H,7-10,12H2,(H,19,21)(H,22,23)/p-1. The Kier molecular flexibility index (Phi) is 5.93. The Morgan fingerprint density at radius 1 is 1.15 bits per heavy atom. The molecule has 3 rings (SSSR count). The molecular formula is C18H19N2O5S2-. The van der Waals surface area contributed by atoms with E-state index in [1.807, 2.05) is 0 Å². The van der Waals surface area contributed by atoms with E-state index in [4.69, 9.17) is 0 Å². The molecule has 0 bridgehead atoms. The minimum Gasteiger partial charge on any atom is -0.545 e. The molecule has 27 heavy (non-hydrogen) atoms. The van der Waals surface area contributed by atoms with Crippen molar-refractivity contribution in [1.29, 1.82) is 0 Å². The minimum atomic E-state index is -3.47. The first-order valence-electron chi connectivity index (χ1n) is 8.49. The maximum Gasteiger partial charge on any atom is 0.252 e. The molecule has 1 aliphatic rings. The van der Waals surface area contributed by atoms with Crippen LogP contribution in [-0.2, 0) is 21.4 Å². The lowest BCUT2D eigenvalue weighted by Crippen LogP contribution is -2.42. The summed E-state index contributed by atoms with van der Waals surface area (Å²) in [5, 5.41) is 15.3.